The fourth-order valence-corrected chi connectivity index (χ4v) is 6.10. The molecule has 1 atom stereocenters. The van der Waals surface area contributed by atoms with E-state index < -0.39 is 12.0 Å². The average molecular weight is 466 g/mol. The molecule has 2 aliphatic heterocycles. The molecule has 164 valence electrons. The van der Waals surface area contributed by atoms with Gasteiger partial charge in [-0.2, -0.15) is 0 Å². The summed E-state index contributed by atoms with van der Waals surface area (Å²) in [5, 5.41) is 3.03. The summed E-state index contributed by atoms with van der Waals surface area (Å²) in [7, 11) is 1.39. The maximum atomic E-state index is 13.1. The Morgan fingerprint density at radius 1 is 1.19 bits per heavy atom. The van der Waals surface area contributed by atoms with E-state index in [0.717, 1.165) is 39.9 Å². The molecule has 6 nitrogen and oxygen atoms in total. The second-order valence-corrected chi connectivity index (χ2v) is 10.0. The molecule has 5 rings (SSSR count). The van der Waals surface area contributed by atoms with Crippen LogP contribution >= 0.6 is 23.5 Å². The number of thioether (sulfide) groups is 2. The Morgan fingerprint density at radius 3 is 2.69 bits per heavy atom. The maximum Gasteiger partial charge on any atom is 0.338 e. The predicted molar refractivity (Wildman–Crippen MR) is 129 cm³/mol. The van der Waals surface area contributed by atoms with Crippen molar-refractivity contribution in [1.29, 1.82) is 0 Å². The van der Waals surface area contributed by atoms with Gasteiger partial charge in [0.1, 0.15) is 4.38 Å². The van der Waals surface area contributed by atoms with Crippen LogP contribution in [0.4, 0.5) is 10.5 Å². The third-order valence-corrected chi connectivity index (χ3v) is 7.97. The van der Waals surface area contributed by atoms with Gasteiger partial charge >= 0.3 is 12.0 Å². The van der Waals surface area contributed by atoms with Gasteiger partial charge in [-0.3, -0.25) is 4.90 Å². The first-order valence-electron chi connectivity index (χ1n) is 10.5. The summed E-state index contributed by atoms with van der Waals surface area (Å²) in [6.45, 7) is 0. The molecular weight excluding hydrogens is 442 g/mol. The topological polar surface area (TPSA) is 71.0 Å². The van der Waals surface area contributed by atoms with Crippen molar-refractivity contribution < 1.29 is 14.3 Å². The van der Waals surface area contributed by atoms with Crippen molar-refractivity contribution in [2.24, 2.45) is 4.99 Å². The number of aliphatic imine (C=N–C) groups is 1. The molecule has 3 aliphatic rings. The number of fused-ring (bicyclic) bond motifs is 1. The fourth-order valence-electron chi connectivity index (χ4n) is 4.01. The SMILES string of the molecule is COC(=O)C1=C(CSC2=Nc3ccccc3CS2)N(C2CC2)C(=O)NC1c1ccccc1. The van der Waals surface area contributed by atoms with Gasteiger partial charge in [0, 0.05) is 23.2 Å². The van der Waals surface area contributed by atoms with Crippen molar-refractivity contribution in [1.82, 2.24) is 10.2 Å². The number of urea groups is 1. The number of hydrogen-bond acceptors (Lipinski definition) is 6. The van der Waals surface area contributed by atoms with Gasteiger partial charge in [-0.1, -0.05) is 72.1 Å². The molecule has 0 bridgehead atoms. The number of carbonyl (C=O) groups excluding carboxylic acids is 2. The first-order chi connectivity index (χ1) is 15.7. The molecule has 1 N–H and O–H groups in total. The Bertz CT molecular complexity index is 1110. The third-order valence-electron chi connectivity index (χ3n) is 5.71. The van der Waals surface area contributed by atoms with Crippen LogP contribution in [-0.2, 0) is 15.3 Å². The monoisotopic (exact) mass is 465 g/mol. The van der Waals surface area contributed by atoms with E-state index in [-0.39, 0.29) is 12.1 Å². The number of benzene rings is 2. The van der Waals surface area contributed by atoms with Gasteiger partial charge in [-0.15, -0.1) is 0 Å². The minimum absolute atomic E-state index is 0.128. The van der Waals surface area contributed by atoms with Gasteiger partial charge in [0.25, 0.3) is 0 Å². The first kappa shape index (κ1) is 21.2. The van der Waals surface area contributed by atoms with E-state index in [2.05, 4.69) is 11.4 Å². The van der Waals surface area contributed by atoms with Crippen LogP contribution in [0.1, 0.15) is 30.0 Å². The van der Waals surface area contributed by atoms with Crippen LogP contribution < -0.4 is 5.32 Å². The number of nitrogens with one attached hydrogen (secondary N) is 1. The molecule has 0 radical (unpaired) electrons. The van der Waals surface area contributed by atoms with E-state index in [4.69, 9.17) is 9.73 Å². The summed E-state index contributed by atoms with van der Waals surface area (Å²) in [5.41, 5.74) is 4.29. The fraction of sp³-hybridized carbons (Fsp3) is 0.292. The first-order valence-corrected chi connectivity index (χ1v) is 12.5. The number of hydrogen-bond donors (Lipinski definition) is 1. The standard InChI is InChI=1S/C24H23N3O3S2/c1-30-22(28)20-19(14-32-24-25-18-10-6-5-9-16(18)13-31-24)27(17-11-12-17)23(29)26-21(20)15-7-3-2-4-8-15/h2-10,17,21H,11-14H2,1H3,(H,26,29). The summed E-state index contributed by atoms with van der Waals surface area (Å²) in [4.78, 5) is 32.6. The van der Waals surface area contributed by atoms with Crippen LogP contribution in [0.2, 0.25) is 0 Å². The van der Waals surface area contributed by atoms with Gasteiger partial charge in [-0.25, -0.2) is 14.6 Å². The quantitative estimate of drug-likeness (QED) is 0.629. The highest BCUT2D eigenvalue weighted by atomic mass is 32.2. The number of para-hydroxylation sites is 1. The van der Waals surface area contributed by atoms with Crippen molar-refractivity contribution in [3.63, 3.8) is 0 Å². The van der Waals surface area contributed by atoms with Crippen LogP contribution in [0.25, 0.3) is 0 Å². The Labute approximate surface area is 195 Å². The molecule has 2 aromatic rings. The number of methoxy groups -OCH3 is 1. The van der Waals surface area contributed by atoms with Gasteiger partial charge in [0.05, 0.1) is 24.4 Å². The summed E-state index contributed by atoms with van der Waals surface area (Å²) >= 11 is 3.26. The lowest BCUT2D eigenvalue weighted by Crippen LogP contribution is -2.50. The lowest BCUT2D eigenvalue weighted by atomic mass is 9.95. The van der Waals surface area contributed by atoms with Gasteiger partial charge in [0.2, 0.25) is 0 Å². The predicted octanol–water partition coefficient (Wildman–Crippen LogP) is 5.01. The molecule has 1 aliphatic carbocycles. The maximum absolute atomic E-state index is 13.1. The molecule has 0 aromatic heterocycles. The number of rotatable bonds is 5. The molecule has 2 amide bonds. The number of amides is 2. The van der Waals surface area contributed by atoms with E-state index in [1.165, 1.54) is 12.7 Å². The van der Waals surface area contributed by atoms with Crippen molar-refractivity contribution in [2.75, 3.05) is 12.9 Å². The van der Waals surface area contributed by atoms with Crippen LogP contribution in [0.15, 0.2) is 70.9 Å². The summed E-state index contributed by atoms with van der Waals surface area (Å²) in [6.07, 6.45) is 1.88. The van der Waals surface area contributed by atoms with Crippen molar-refractivity contribution in [3.05, 3.63) is 77.0 Å². The Morgan fingerprint density at radius 2 is 1.94 bits per heavy atom. The van der Waals surface area contributed by atoms with E-state index in [1.54, 1.807) is 28.4 Å². The van der Waals surface area contributed by atoms with Crippen molar-refractivity contribution in [2.45, 2.75) is 30.7 Å². The summed E-state index contributed by atoms with van der Waals surface area (Å²) < 4.78 is 6.12. The second-order valence-electron chi connectivity index (χ2n) is 7.83. The molecular formula is C24H23N3O3S2. The largest absolute Gasteiger partial charge is 0.466 e. The number of carbonyl (C=O) groups is 2. The molecule has 0 spiro atoms. The van der Waals surface area contributed by atoms with Crippen LogP contribution in [0.5, 0.6) is 0 Å². The zero-order valence-electron chi connectivity index (χ0n) is 17.6. The molecule has 32 heavy (non-hydrogen) atoms. The molecule has 0 saturated heterocycles. The smallest absolute Gasteiger partial charge is 0.338 e. The Hall–Kier alpha value is -2.71. The molecule has 1 saturated carbocycles. The van der Waals surface area contributed by atoms with Crippen LogP contribution in [0, 0.1) is 0 Å². The Balaban J connectivity index is 1.51. The molecule has 2 aromatic carbocycles. The van der Waals surface area contributed by atoms with E-state index >= 15 is 0 Å². The molecule has 1 unspecified atom stereocenters. The zero-order chi connectivity index (χ0) is 22.1. The van der Waals surface area contributed by atoms with E-state index in [0.29, 0.717) is 11.3 Å². The number of nitrogens with zero attached hydrogens (tertiary/aromatic N) is 2. The van der Waals surface area contributed by atoms with Gasteiger partial charge in [0.15, 0.2) is 0 Å². The van der Waals surface area contributed by atoms with Crippen LogP contribution in [-0.4, -0.2) is 40.2 Å². The zero-order valence-corrected chi connectivity index (χ0v) is 19.2. The average Bonchev–Trinajstić information content (AvgIpc) is 3.67. The molecule has 2 heterocycles. The highest BCUT2D eigenvalue weighted by Gasteiger charge is 2.44. The minimum Gasteiger partial charge on any atom is -0.466 e. The minimum atomic E-state index is -0.538. The lowest BCUT2D eigenvalue weighted by Gasteiger charge is -2.36. The lowest BCUT2D eigenvalue weighted by molar-refractivity contribution is -0.136. The summed E-state index contributed by atoms with van der Waals surface area (Å²) in [5.74, 6) is 0.930. The van der Waals surface area contributed by atoms with Gasteiger partial charge < -0.3 is 10.1 Å². The van der Waals surface area contributed by atoms with E-state index in [9.17, 15) is 9.59 Å². The second kappa shape index (κ2) is 9.03. The number of esters is 1. The Kier molecular flexibility index (Phi) is 5.97. The van der Waals surface area contributed by atoms with Gasteiger partial charge in [-0.05, 0) is 30.0 Å². The molecule has 8 heteroatoms. The normalized spacial score (nSPS) is 20.4. The third kappa shape index (κ3) is 4.17. The van der Waals surface area contributed by atoms with Crippen molar-refractivity contribution in [3.8, 4) is 0 Å². The number of ether oxygens (including phenoxy) is 1. The highest BCUT2D eigenvalue weighted by Crippen LogP contribution is 2.41. The van der Waals surface area contributed by atoms with Crippen LogP contribution in [0.3, 0.4) is 0 Å². The highest BCUT2D eigenvalue weighted by molar-refractivity contribution is 8.38. The van der Waals surface area contributed by atoms with Crippen molar-refractivity contribution >= 4 is 45.6 Å². The molecule has 1 fully saturated rings. The summed E-state index contributed by atoms with van der Waals surface area (Å²) in [6, 6.07) is 17.1. The van der Waals surface area contributed by atoms with E-state index in [1.807, 2.05) is 48.5 Å².